The van der Waals surface area contributed by atoms with Crippen LogP contribution >= 0.6 is 11.3 Å². The van der Waals surface area contributed by atoms with Crippen LogP contribution in [0.25, 0.3) is 21.0 Å². The average Bonchev–Trinajstić information content (AvgIpc) is 3.56. The molecule has 1 atom stereocenters. The molecule has 1 saturated heterocycles. The zero-order chi connectivity index (χ0) is 26.7. The number of hydrogen-bond donors (Lipinski definition) is 1. The predicted octanol–water partition coefficient (Wildman–Crippen LogP) is 5.53. The summed E-state index contributed by atoms with van der Waals surface area (Å²) in [5.74, 6) is 0.718. The molecule has 1 aliphatic carbocycles. The summed E-state index contributed by atoms with van der Waals surface area (Å²) in [6.07, 6.45) is 6.98. The van der Waals surface area contributed by atoms with Crippen LogP contribution in [0.1, 0.15) is 62.3 Å². The van der Waals surface area contributed by atoms with Gasteiger partial charge in [-0.3, -0.25) is 0 Å². The molecule has 0 spiro atoms. The van der Waals surface area contributed by atoms with Gasteiger partial charge in [-0.25, -0.2) is 18.1 Å². The van der Waals surface area contributed by atoms with Crippen molar-refractivity contribution in [2.75, 3.05) is 25.4 Å². The van der Waals surface area contributed by atoms with Crippen LogP contribution in [0.2, 0.25) is 0 Å². The number of thiazole rings is 1. The van der Waals surface area contributed by atoms with Crippen LogP contribution in [0.4, 0.5) is 0 Å². The number of aromatic nitrogens is 1. The summed E-state index contributed by atoms with van der Waals surface area (Å²) < 4.78 is 34.6. The quantitative estimate of drug-likeness (QED) is 0.377. The third-order valence-electron chi connectivity index (χ3n) is 7.20. The Morgan fingerprint density at radius 1 is 1.21 bits per heavy atom. The number of sulfonamides is 1. The van der Waals surface area contributed by atoms with Gasteiger partial charge >= 0.3 is 0 Å². The number of hydrogen-bond acceptors (Lipinski definition) is 7. The first-order chi connectivity index (χ1) is 18.3. The molecular formula is C29H34N4O3S2. The fraction of sp³-hybridized carbons (Fsp3) is 0.448. The van der Waals surface area contributed by atoms with E-state index in [-0.39, 0.29) is 17.9 Å². The van der Waals surface area contributed by atoms with Crippen molar-refractivity contribution in [2.24, 2.45) is 0 Å². The van der Waals surface area contributed by atoms with Gasteiger partial charge in [0.1, 0.15) is 16.8 Å². The van der Waals surface area contributed by atoms with Crippen molar-refractivity contribution in [1.29, 1.82) is 5.26 Å². The van der Waals surface area contributed by atoms with Crippen molar-refractivity contribution in [2.45, 2.75) is 58.1 Å². The number of benzene rings is 2. The van der Waals surface area contributed by atoms with Crippen LogP contribution in [0.3, 0.4) is 0 Å². The van der Waals surface area contributed by atoms with Gasteiger partial charge in [-0.05, 0) is 87.5 Å². The Kier molecular flexibility index (Phi) is 8.15. The van der Waals surface area contributed by atoms with Gasteiger partial charge in [-0.15, -0.1) is 11.3 Å². The molecule has 1 N–H and O–H groups in total. The molecule has 2 aliphatic rings. The Morgan fingerprint density at radius 3 is 2.79 bits per heavy atom. The molecular weight excluding hydrogens is 516 g/mol. The second kappa shape index (κ2) is 11.5. The minimum Gasteiger partial charge on any atom is -0.490 e. The summed E-state index contributed by atoms with van der Waals surface area (Å²) in [6.45, 7) is 6.46. The Balaban J connectivity index is 1.32. The minimum absolute atomic E-state index is 0.0115. The highest BCUT2D eigenvalue weighted by atomic mass is 32.2. The van der Waals surface area contributed by atoms with E-state index >= 15 is 0 Å². The molecule has 3 aromatic rings. The zero-order valence-electron chi connectivity index (χ0n) is 21.9. The van der Waals surface area contributed by atoms with Gasteiger partial charge in [0.15, 0.2) is 0 Å². The molecule has 0 saturated carbocycles. The first-order valence-corrected chi connectivity index (χ1v) is 15.8. The van der Waals surface area contributed by atoms with Gasteiger partial charge in [0, 0.05) is 24.3 Å². The molecule has 0 amide bonds. The highest BCUT2D eigenvalue weighted by Crippen LogP contribution is 2.41. The molecule has 5 rings (SSSR count). The highest BCUT2D eigenvalue weighted by Gasteiger charge is 2.29. The van der Waals surface area contributed by atoms with Gasteiger partial charge in [-0.2, -0.15) is 5.26 Å². The maximum atomic E-state index is 12.9. The topological polar surface area (TPSA) is 95.3 Å². The maximum Gasteiger partial charge on any atom is 0.213 e. The number of nitrogens with one attached hydrogen (secondary N) is 1. The molecule has 0 bridgehead atoms. The molecule has 9 heteroatoms. The summed E-state index contributed by atoms with van der Waals surface area (Å²) in [6, 6.07) is 13.7. The summed E-state index contributed by atoms with van der Waals surface area (Å²) in [5, 5.41) is 10.4. The number of nitriles is 1. The fourth-order valence-corrected chi connectivity index (χ4v) is 7.61. The molecule has 7 nitrogen and oxygen atoms in total. The lowest BCUT2D eigenvalue weighted by atomic mass is 10.0. The van der Waals surface area contributed by atoms with Crippen LogP contribution in [0.5, 0.6) is 5.75 Å². The lowest BCUT2D eigenvalue weighted by molar-refractivity contribution is 0.241. The number of nitrogens with zero attached hydrogens (tertiary/aromatic N) is 3. The first kappa shape index (κ1) is 26.8. The largest absolute Gasteiger partial charge is 0.490 e. The van der Waals surface area contributed by atoms with Crippen LogP contribution in [0.15, 0.2) is 42.6 Å². The highest BCUT2D eigenvalue weighted by molar-refractivity contribution is 7.89. The number of piperidine rings is 1. The number of fused-ring (bicyclic) bond motifs is 1. The van der Waals surface area contributed by atoms with E-state index in [1.165, 1.54) is 12.0 Å². The van der Waals surface area contributed by atoms with Crippen LogP contribution < -0.4 is 9.46 Å². The van der Waals surface area contributed by atoms with Crippen molar-refractivity contribution in [3.8, 4) is 32.8 Å². The van der Waals surface area contributed by atoms with E-state index in [2.05, 4.69) is 26.7 Å². The maximum absolute atomic E-state index is 12.9. The normalized spacial score (nSPS) is 17.9. The Bertz CT molecular complexity index is 1440. The van der Waals surface area contributed by atoms with Crippen molar-refractivity contribution < 1.29 is 13.2 Å². The molecule has 1 aromatic heterocycles. The second-order valence-electron chi connectivity index (χ2n) is 10.3. The lowest BCUT2D eigenvalue weighted by Crippen LogP contribution is -2.38. The van der Waals surface area contributed by atoms with Gasteiger partial charge < -0.3 is 9.64 Å². The minimum atomic E-state index is -3.37. The van der Waals surface area contributed by atoms with Gasteiger partial charge in [0.25, 0.3) is 0 Å². The summed E-state index contributed by atoms with van der Waals surface area (Å²) in [4.78, 5) is 7.95. The summed E-state index contributed by atoms with van der Waals surface area (Å²) in [5.41, 5.74) is 4.71. The van der Waals surface area contributed by atoms with E-state index in [0.717, 1.165) is 65.3 Å². The molecule has 1 aliphatic heterocycles. The third kappa shape index (κ3) is 6.10. The van der Waals surface area contributed by atoms with Gasteiger partial charge in [0.05, 0.1) is 22.3 Å². The standard InChI is InChI=1S/C29H34N4O3S2/c1-20(2)36-27-12-9-21(17-22(27)18-30)29-31-19-28(37-29)25-8-6-7-24-23(25)10-11-26(24)32-38(34,35)16-15-33-13-4-3-5-14-33/h6-9,12,17,19-20,26,32H,3-5,10-11,13-16H2,1-2H3/t26-/m1/s1. The third-order valence-corrected chi connectivity index (χ3v) is 9.64. The zero-order valence-corrected chi connectivity index (χ0v) is 23.6. The van der Waals surface area contributed by atoms with Crippen molar-refractivity contribution in [1.82, 2.24) is 14.6 Å². The number of ether oxygens (including phenoxy) is 1. The Hall–Kier alpha value is -2.77. The predicted molar refractivity (Wildman–Crippen MR) is 152 cm³/mol. The number of likely N-dealkylation sites (tertiary alicyclic amines) is 1. The second-order valence-corrected chi connectivity index (χ2v) is 13.2. The van der Waals surface area contributed by atoms with E-state index < -0.39 is 10.0 Å². The van der Waals surface area contributed by atoms with Crippen LogP contribution in [0, 0.1) is 11.3 Å². The van der Waals surface area contributed by atoms with E-state index in [4.69, 9.17) is 4.74 Å². The van der Waals surface area contributed by atoms with E-state index in [1.807, 2.05) is 50.4 Å². The SMILES string of the molecule is CC(C)Oc1ccc(-c2ncc(-c3cccc4c3CC[C@H]4NS(=O)(=O)CCN3CCCCC3)s2)cc1C#N. The molecule has 2 aromatic carbocycles. The molecule has 38 heavy (non-hydrogen) atoms. The van der Waals surface area contributed by atoms with Crippen molar-refractivity contribution in [3.63, 3.8) is 0 Å². The molecule has 1 fully saturated rings. The Morgan fingerprint density at radius 2 is 2.03 bits per heavy atom. The lowest BCUT2D eigenvalue weighted by Gasteiger charge is -2.26. The molecule has 0 radical (unpaired) electrons. The smallest absolute Gasteiger partial charge is 0.213 e. The Labute approximate surface area is 229 Å². The first-order valence-electron chi connectivity index (χ1n) is 13.3. The fourth-order valence-electron chi connectivity index (χ4n) is 5.35. The van der Waals surface area contributed by atoms with Crippen LogP contribution in [-0.4, -0.2) is 49.8 Å². The monoisotopic (exact) mass is 550 g/mol. The number of rotatable bonds is 9. The average molecular weight is 551 g/mol. The van der Waals surface area contributed by atoms with Crippen molar-refractivity contribution >= 4 is 21.4 Å². The van der Waals surface area contributed by atoms with E-state index in [1.54, 1.807) is 11.3 Å². The summed E-state index contributed by atoms with van der Waals surface area (Å²) in [7, 11) is -3.37. The molecule has 2 heterocycles. The van der Waals surface area contributed by atoms with E-state index in [9.17, 15) is 13.7 Å². The molecule has 0 unspecified atom stereocenters. The molecule has 200 valence electrons. The van der Waals surface area contributed by atoms with Gasteiger partial charge in [-0.1, -0.05) is 24.6 Å². The van der Waals surface area contributed by atoms with E-state index in [0.29, 0.717) is 17.9 Å². The van der Waals surface area contributed by atoms with Crippen LogP contribution in [-0.2, 0) is 16.4 Å². The van der Waals surface area contributed by atoms with Gasteiger partial charge in [0.2, 0.25) is 10.0 Å². The van der Waals surface area contributed by atoms with Crippen molar-refractivity contribution in [3.05, 3.63) is 59.3 Å². The summed E-state index contributed by atoms with van der Waals surface area (Å²) >= 11 is 1.58.